The highest BCUT2D eigenvalue weighted by molar-refractivity contribution is 5.77. The second kappa shape index (κ2) is 10.4. The molecule has 33 heavy (non-hydrogen) atoms. The summed E-state index contributed by atoms with van der Waals surface area (Å²) >= 11 is 0. The fourth-order valence-corrected chi connectivity index (χ4v) is 3.38. The lowest BCUT2D eigenvalue weighted by atomic mass is 10.0. The number of esters is 1. The predicted molar refractivity (Wildman–Crippen MR) is 125 cm³/mol. The van der Waals surface area contributed by atoms with E-state index in [1.165, 1.54) is 11.8 Å². The van der Waals surface area contributed by atoms with E-state index in [1.807, 2.05) is 78.9 Å². The van der Waals surface area contributed by atoms with Gasteiger partial charge in [-0.1, -0.05) is 72.8 Å². The van der Waals surface area contributed by atoms with Gasteiger partial charge in [-0.3, -0.25) is 0 Å². The number of hydrogen-bond acceptors (Lipinski definition) is 6. The Labute approximate surface area is 191 Å². The van der Waals surface area contributed by atoms with Crippen LogP contribution >= 0.6 is 0 Å². The van der Waals surface area contributed by atoms with Crippen molar-refractivity contribution in [1.29, 1.82) is 0 Å². The molecule has 0 amide bonds. The monoisotopic (exact) mass is 441 g/mol. The normalized spacial score (nSPS) is 10.6. The zero-order valence-corrected chi connectivity index (χ0v) is 18.2. The van der Waals surface area contributed by atoms with Crippen molar-refractivity contribution < 1.29 is 14.3 Å². The zero-order chi connectivity index (χ0) is 23.0. The summed E-state index contributed by atoms with van der Waals surface area (Å²) in [6.07, 6.45) is 0.545. The van der Waals surface area contributed by atoms with E-state index in [0.717, 1.165) is 16.7 Å². The lowest BCUT2D eigenvalue weighted by molar-refractivity contribution is -0.142. The first kappa shape index (κ1) is 22.0. The molecule has 3 aromatic carbocycles. The van der Waals surface area contributed by atoms with Gasteiger partial charge in [-0.05, 0) is 24.1 Å². The molecule has 166 valence electrons. The van der Waals surface area contributed by atoms with Crippen LogP contribution in [-0.4, -0.2) is 34.5 Å². The molecule has 4 aromatic rings. The van der Waals surface area contributed by atoms with E-state index in [-0.39, 0.29) is 6.61 Å². The second-order valence-corrected chi connectivity index (χ2v) is 7.31. The molecule has 0 saturated carbocycles. The van der Waals surface area contributed by atoms with E-state index in [2.05, 4.69) is 14.8 Å². The first-order valence-corrected chi connectivity index (χ1v) is 10.5. The van der Waals surface area contributed by atoms with Gasteiger partial charge in [0.15, 0.2) is 6.61 Å². The molecule has 0 atom stereocenters. The Bertz CT molecular complexity index is 1290. The van der Waals surface area contributed by atoms with Gasteiger partial charge in [0, 0.05) is 11.1 Å². The molecule has 0 unspecified atom stereocenters. The number of aromatic nitrogens is 3. The molecule has 1 heterocycles. The van der Waals surface area contributed by atoms with Gasteiger partial charge in [0.2, 0.25) is 0 Å². The van der Waals surface area contributed by atoms with Crippen molar-refractivity contribution in [2.45, 2.75) is 13.0 Å². The number of hydrogen-bond donors (Lipinski definition) is 0. The summed E-state index contributed by atoms with van der Waals surface area (Å²) in [5.41, 5.74) is 3.46. The van der Waals surface area contributed by atoms with E-state index < -0.39 is 11.7 Å². The smallest absolute Gasteiger partial charge is 0.364 e. The molecule has 0 fully saturated rings. The Morgan fingerprint density at radius 1 is 0.879 bits per heavy atom. The van der Waals surface area contributed by atoms with Gasteiger partial charge in [0.25, 0.3) is 0 Å². The Kier molecular flexibility index (Phi) is 6.90. The summed E-state index contributed by atoms with van der Waals surface area (Å²) in [5.74, 6) is 0.106. The molecular weight excluding hydrogens is 418 g/mol. The largest absolute Gasteiger partial charge is 0.482 e. The van der Waals surface area contributed by atoms with Gasteiger partial charge in [-0.25, -0.2) is 14.3 Å². The highest BCUT2D eigenvalue weighted by Gasteiger charge is 2.14. The van der Waals surface area contributed by atoms with Gasteiger partial charge < -0.3 is 9.47 Å². The van der Waals surface area contributed by atoms with Crippen LogP contribution in [0.15, 0.2) is 89.7 Å². The van der Waals surface area contributed by atoms with Gasteiger partial charge in [0.05, 0.1) is 13.7 Å². The third-order valence-electron chi connectivity index (χ3n) is 5.06. The lowest BCUT2D eigenvalue weighted by Crippen LogP contribution is -2.27. The van der Waals surface area contributed by atoms with Crippen LogP contribution in [0.1, 0.15) is 5.56 Å². The van der Waals surface area contributed by atoms with Gasteiger partial charge in [0.1, 0.15) is 17.1 Å². The molecule has 1 aromatic heterocycles. The highest BCUT2D eigenvalue weighted by atomic mass is 16.6. The van der Waals surface area contributed by atoms with Crippen molar-refractivity contribution in [2.24, 2.45) is 0 Å². The first-order chi connectivity index (χ1) is 16.1. The van der Waals surface area contributed by atoms with E-state index in [9.17, 15) is 9.59 Å². The fourth-order valence-electron chi connectivity index (χ4n) is 3.38. The van der Waals surface area contributed by atoms with Crippen LogP contribution in [0, 0.1) is 0 Å². The summed E-state index contributed by atoms with van der Waals surface area (Å²) in [4.78, 5) is 28.5. The maximum Gasteiger partial charge on any atom is 0.364 e. The molecule has 7 heteroatoms. The number of aryl methyl sites for hydroxylation is 2. The van der Waals surface area contributed by atoms with Crippen LogP contribution in [0.2, 0.25) is 0 Å². The minimum Gasteiger partial charge on any atom is -0.482 e. The predicted octanol–water partition coefficient (Wildman–Crippen LogP) is 3.77. The average Bonchev–Trinajstić information content (AvgIpc) is 2.87. The Morgan fingerprint density at radius 2 is 1.55 bits per heavy atom. The topological polar surface area (TPSA) is 83.3 Å². The first-order valence-electron chi connectivity index (χ1n) is 10.5. The SMILES string of the molecule is COC(=O)COc1cccc(CCn2nc(-c3ccccc3)c(-c3ccccc3)nc2=O)c1. The maximum absolute atomic E-state index is 12.8. The van der Waals surface area contributed by atoms with Crippen LogP contribution in [-0.2, 0) is 22.5 Å². The summed E-state index contributed by atoms with van der Waals surface area (Å²) < 4.78 is 11.4. The summed E-state index contributed by atoms with van der Waals surface area (Å²) in [6.45, 7) is 0.188. The van der Waals surface area contributed by atoms with Crippen molar-refractivity contribution >= 4 is 5.97 Å². The zero-order valence-electron chi connectivity index (χ0n) is 18.2. The molecule has 0 aliphatic carbocycles. The Hall–Kier alpha value is -4.26. The minimum absolute atomic E-state index is 0.160. The Balaban J connectivity index is 1.60. The molecule has 0 radical (unpaired) electrons. The summed E-state index contributed by atoms with van der Waals surface area (Å²) in [5, 5.41) is 4.68. The summed E-state index contributed by atoms with van der Waals surface area (Å²) in [7, 11) is 1.31. The number of carbonyl (C=O) groups excluding carboxylic acids is 1. The minimum atomic E-state index is -0.450. The molecule has 0 aliphatic rings. The number of nitrogens with zero attached hydrogens (tertiary/aromatic N) is 3. The van der Waals surface area contributed by atoms with Crippen molar-refractivity contribution in [1.82, 2.24) is 14.8 Å². The van der Waals surface area contributed by atoms with E-state index in [1.54, 1.807) is 6.07 Å². The van der Waals surface area contributed by atoms with Crippen LogP contribution in [0.4, 0.5) is 0 Å². The molecular formula is C26H23N3O4. The van der Waals surface area contributed by atoms with Crippen LogP contribution in [0.25, 0.3) is 22.5 Å². The van der Waals surface area contributed by atoms with Crippen molar-refractivity contribution in [2.75, 3.05) is 13.7 Å². The van der Waals surface area contributed by atoms with Crippen LogP contribution in [0.3, 0.4) is 0 Å². The number of benzene rings is 3. The van der Waals surface area contributed by atoms with E-state index in [0.29, 0.717) is 30.1 Å². The maximum atomic E-state index is 12.8. The number of rotatable bonds is 8. The van der Waals surface area contributed by atoms with Crippen LogP contribution in [0.5, 0.6) is 5.75 Å². The van der Waals surface area contributed by atoms with Gasteiger partial charge in [-0.15, -0.1) is 0 Å². The molecule has 0 spiro atoms. The van der Waals surface area contributed by atoms with Crippen LogP contribution < -0.4 is 10.4 Å². The van der Waals surface area contributed by atoms with E-state index >= 15 is 0 Å². The molecule has 7 nitrogen and oxygen atoms in total. The standard InChI is InChI=1S/C26H23N3O4/c1-32-23(30)18-33-22-14-8-9-19(17-22)15-16-29-26(31)27-24(20-10-4-2-5-11-20)25(28-29)21-12-6-3-7-13-21/h2-14,17H,15-16,18H2,1H3. The lowest BCUT2D eigenvalue weighted by Gasteiger charge is -2.12. The molecule has 4 rings (SSSR count). The van der Waals surface area contributed by atoms with Gasteiger partial charge >= 0.3 is 11.7 Å². The van der Waals surface area contributed by atoms with Crippen molar-refractivity contribution in [3.8, 4) is 28.3 Å². The summed E-state index contributed by atoms with van der Waals surface area (Å²) in [6, 6.07) is 26.6. The number of ether oxygens (including phenoxy) is 2. The quantitative estimate of drug-likeness (QED) is 0.387. The number of carbonyl (C=O) groups is 1. The fraction of sp³-hybridized carbons (Fsp3) is 0.154. The third-order valence-corrected chi connectivity index (χ3v) is 5.06. The second-order valence-electron chi connectivity index (χ2n) is 7.31. The average molecular weight is 441 g/mol. The van der Waals surface area contributed by atoms with E-state index in [4.69, 9.17) is 4.74 Å². The third kappa shape index (κ3) is 5.51. The molecule has 0 N–H and O–H groups in total. The van der Waals surface area contributed by atoms with Crippen molar-refractivity contribution in [3.63, 3.8) is 0 Å². The van der Waals surface area contributed by atoms with Gasteiger partial charge in [-0.2, -0.15) is 10.1 Å². The Morgan fingerprint density at radius 3 is 2.21 bits per heavy atom. The highest BCUT2D eigenvalue weighted by Crippen LogP contribution is 2.27. The van der Waals surface area contributed by atoms with Crippen molar-refractivity contribution in [3.05, 3.63) is 101 Å². The molecule has 0 aliphatic heterocycles. The molecule has 0 bridgehead atoms. The molecule has 0 saturated heterocycles. The number of methoxy groups -OCH3 is 1.